The average Bonchev–Trinajstić information content (AvgIpc) is 3.25. The highest BCUT2D eigenvalue weighted by Gasteiger charge is 2.36. The lowest BCUT2D eigenvalue weighted by Gasteiger charge is -2.30. The minimum atomic E-state index is 0.0888. The van der Waals surface area contributed by atoms with Crippen molar-refractivity contribution in [2.75, 3.05) is 7.11 Å². The fourth-order valence-electron chi connectivity index (χ4n) is 5.30. The van der Waals surface area contributed by atoms with Crippen LogP contribution in [0.15, 0.2) is 72.8 Å². The van der Waals surface area contributed by atoms with Gasteiger partial charge < -0.3 is 13.7 Å². The van der Waals surface area contributed by atoms with Gasteiger partial charge in [0.05, 0.1) is 13.0 Å². The van der Waals surface area contributed by atoms with Crippen molar-refractivity contribution in [3.63, 3.8) is 0 Å². The lowest BCUT2D eigenvalue weighted by atomic mass is 9.83. The third-order valence-electron chi connectivity index (χ3n) is 6.65. The number of nitrogens with zero attached hydrogens (tertiary/aromatic N) is 2. The van der Waals surface area contributed by atoms with Crippen molar-refractivity contribution in [1.29, 1.82) is 0 Å². The molecule has 1 aliphatic rings. The van der Waals surface area contributed by atoms with E-state index < -0.39 is 0 Å². The second kappa shape index (κ2) is 6.30. The SMILES string of the molecule is COc1ccccc1C1c2c(C)c3ccccc3n2[B]n2c1c(C)c1ccccc12. The molecular weight excluding hydrogens is 367 g/mol. The molecule has 0 spiro atoms. The third kappa shape index (κ3) is 2.16. The first-order valence-electron chi connectivity index (χ1n) is 10.4. The molecule has 3 aromatic carbocycles. The van der Waals surface area contributed by atoms with E-state index >= 15 is 0 Å². The Kier molecular flexibility index (Phi) is 3.67. The molecule has 5 aromatic rings. The predicted molar refractivity (Wildman–Crippen MR) is 124 cm³/mol. The molecule has 0 saturated carbocycles. The number of rotatable bonds is 2. The van der Waals surface area contributed by atoms with E-state index in [1.54, 1.807) is 7.11 Å². The van der Waals surface area contributed by atoms with Crippen LogP contribution in [0.4, 0.5) is 0 Å². The highest BCUT2D eigenvalue weighted by Crippen LogP contribution is 2.46. The fraction of sp³-hybridized carbons (Fsp3) is 0.154. The summed E-state index contributed by atoms with van der Waals surface area (Å²) >= 11 is 0. The van der Waals surface area contributed by atoms with Crippen molar-refractivity contribution in [3.8, 4) is 5.75 Å². The Bertz CT molecular complexity index is 1360. The van der Waals surface area contributed by atoms with Crippen molar-refractivity contribution in [2.45, 2.75) is 19.8 Å². The van der Waals surface area contributed by atoms with E-state index in [0.29, 0.717) is 0 Å². The standard InChI is InChI=1S/C26H22BN2O/c1-16-18-10-4-7-13-21(18)28-25(16)24(20-12-6-9-15-23(20)30-3)26-17(2)19-11-5-8-14-22(19)29(26)27-28/h4-15,24H,1-3H3. The Morgan fingerprint density at radius 1 is 0.700 bits per heavy atom. The Labute approximate surface area is 176 Å². The first kappa shape index (κ1) is 17.5. The van der Waals surface area contributed by atoms with Gasteiger partial charge in [0.2, 0.25) is 0 Å². The first-order chi connectivity index (χ1) is 14.7. The zero-order valence-electron chi connectivity index (χ0n) is 17.4. The van der Waals surface area contributed by atoms with E-state index in [-0.39, 0.29) is 5.92 Å². The van der Waals surface area contributed by atoms with Crippen molar-refractivity contribution < 1.29 is 4.74 Å². The maximum Gasteiger partial charge on any atom is 0.400 e. The van der Waals surface area contributed by atoms with Gasteiger partial charge in [-0.15, -0.1) is 0 Å². The molecule has 0 unspecified atom stereocenters. The maximum absolute atomic E-state index is 5.83. The molecule has 2 aromatic heterocycles. The largest absolute Gasteiger partial charge is 0.496 e. The summed E-state index contributed by atoms with van der Waals surface area (Å²) in [7, 11) is 4.03. The molecule has 4 heteroatoms. The van der Waals surface area contributed by atoms with Gasteiger partial charge >= 0.3 is 7.55 Å². The molecule has 0 N–H and O–H groups in total. The number of para-hydroxylation sites is 3. The monoisotopic (exact) mass is 389 g/mol. The summed E-state index contributed by atoms with van der Waals surface area (Å²) in [5.41, 5.74) is 8.98. The van der Waals surface area contributed by atoms with Crippen LogP contribution in [0.5, 0.6) is 5.75 Å². The summed E-state index contributed by atoms with van der Waals surface area (Å²) in [6.45, 7) is 4.50. The number of aromatic nitrogens is 2. The fourth-order valence-corrected chi connectivity index (χ4v) is 5.30. The van der Waals surface area contributed by atoms with Gasteiger partial charge in [-0.25, -0.2) is 0 Å². The van der Waals surface area contributed by atoms with Crippen LogP contribution in [0, 0.1) is 13.8 Å². The number of aryl methyl sites for hydroxylation is 2. The van der Waals surface area contributed by atoms with Gasteiger partial charge in [0.1, 0.15) is 5.75 Å². The number of ether oxygens (including phenoxy) is 1. The quantitative estimate of drug-likeness (QED) is 0.351. The highest BCUT2D eigenvalue weighted by atomic mass is 16.5. The van der Waals surface area contributed by atoms with E-state index in [1.165, 1.54) is 49.9 Å². The molecule has 6 rings (SSSR count). The molecule has 0 aliphatic carbocycles. The average molecular weight is 389 g/mol. The van der Waals surface area contributed by atoms with Crippen LogP contribution in [-0.4, -0.2) is 23.6 Å². The lowest BCUT2D eigenvalue weighted by Crippen LogP contribution is -2.30. The van der Waals surface area contributed by atoms with E-state index in [9.17, 15) is 0 Å². The summed E-state index contributed by atoms with van der Waals surface area (Å²) in [6, 6.07) is 25.8. The molecule has 0 bridgehead atoms. The number of hydrogen-bond acceptors (Lipinski definition) is 1. The van der Waals surface area contributed by atoms with Gasteiger partial charge in [0.15, 0.2) is 0 Å². The molecule has 3 heterocycles. The van der Waals surface area contributed by atoms with E-state index in [0.717, 1.165) is 5.75 Å². The topological polar surface area (TPSA) is 19.1 Å². The summed E-state index contributed by atoms with van der Waals surface area (Å²) in [5, 5.41) is 2.60. The first-order valence-corrected chi connectivity index (χ1v) is 10.4. The van der Waals surface area contributed by atoms with Gasteiger partial charge in [-0.1, -0.05) is 54.6 Å². The molecule has 0 saturated heterocycles. The number of benzene rings is 3. The van der Waals surface area contributed by atoms with Gasteiger partial charge in [0.25, 0.3) is 0 Å². The van der Waals surface area contributed by atoms with Crippen LogP contribution in [0.2, 0.25) is 0 Å². The molecule has 1 aliphatic heterocycles. The van der Waals surface area contributed by atoms with Crippen LogP contribution < -0.4 is 4.74 Å². The molecule has 0 amide bonds. The van der Waals surface area contributed by atoms with Crippen molar-refractivity contribution in [1.82, 2.24) is 8.96 Å². The number of methoxy groups -OCH3 is 1. The van der Waals surface area contributed by atoms with Crippen LogP contribution >= 0.6 is 0 Å². The van der Waals surface area contributed by atoms with Crippen LogP contribution in [-0.2, 0) is 0 Å². The van der Waals surface area contributed by atoms with E-state index in [1.807, 2.05) is 6.07 Å². The predicted octanol–water partition coefficient (Wildman–Crippen LogP) is 5.65. The molecule has 0 fully saturated rings. The Morgan fingerprint density at radius 2 is 1.20 bits per heavy atom. The molecule has 3 nitrogen and oxygen atoms in total. The second-order valence-electron chi connectivity index (χ2n) is 8.09. The number of hydrogen-bond donors (Lipinski definition) is 0. The summed E-state index contributed by atoms with van der Waals surface area (Å²) < 4.78 is 10.6. The Hall–Kier alpha value is -3.40. The van der Waals surface area contributed by atoms with E-state index in [2.05, 4.69) is 97.1 Å². The molecule has 1 radical (unpaired) electrons. The van der Waals surface area contributed by atoms with Gasteiger partial charge in [-0.3, -0.25) is 0 Å². The maximum atomic E-state index is 5.83. The van der Waals surface area contributed by atoms with Crippen LogP contribution in [0.25, 0.3) is 21.8 Å². The summed E-state index contributed by atoms with van der Waals surface area (Å²) in [5.74, 6) is 1.02. The van der Waals surface area contributed by atoms with Crippen LogP contribution in [0.1, 0.15) is 34.0 Å². The zero-order valence-corrected chi connectivity index (χ0v) is 17.4. The minimum absolute atomic E-state index is 0.0888. The minimum Gasteiger partial charge on any atom is -0.496 e. The Balaban J connectivity index is 1.78. The van der Waals surface area contributed by atoms with Crippen LogP contribution in [0.3, 0.4) is 0 Å². The van der Waals surface area contributed by atoms with Gasteiger partial charge in [-0.05, 0) is 43.2 Å². The molecule has 145 valence electrons. The summed E-state index contributed by atoms with van der Waals surface area (Å²) in [6.07, 6.45) is 0. The van der Waals surface area contributed by atoms with E-state index in [4.69, 9.17) is 4.74 Å². The number of fused-ring (bicyclic) bond motifs is 6. The molecule has 0 atom stereocenters. The molecular formula is C26H22BN2O. The van der Waals surface area contributed by atoms with Gasteiger partial charge in [-0.2, -0.15) is 0 Å². The smallest absolute Gasteiger partial charge is 0.400 e. The third-order valence-corrected chi connectivity index (χ3v) is 6.65. The van der Waals surface area contributed by atoms with Crippen molar-refractivity contribution >= 4 is 29.4 Å². The lowest BCUT2D eigenvalue weighted by molar-refractivity contribution is 0.408. The normalized spacial score (nSPS) is 13.3. The zero-order chi connectivity index (χ0) is 20.4. The van der Waals surface area contributed by atoms with Crippen molar-refractivity contribution in [3.05, 3.63) is 101 Å². The Morgan fingerprint density at radius 3 is 1.77 bits per heavy atom. The van der Waals surface area contributed by atoms with Crippen molar-refractivity contribution in [2.24, 2.45) is 0 Å². The molecule has 30 heavy (non-hydrogen) atoms. The van der Waals surface area contributed by atoms with Gasteiger partial charge in [0, 0.05) is 38.8 Å². The second-order valence-corrected chi connectivity index (χ2v) is 8.09. The summed E-state index contributed by atoms with van der Waals surface area (Å²) in [4.78, 5) is 0. The highest BCUT2D eigenvalue weighted by molar-refractivity contribution is 6.37.